The Morgan fingerprint density at radius 2 is 1.67 bits per heavy atom. The first-order valence-corrected chi connectivity index (χ1v) is 11.1. The van der Waals surface area contributed by atoms with Crippen molar-refractivity contribution in [2.45, 2.75) is 6.92 Å². The number of benzene rings is 2. The van der Waals surface area contributed by atoms with E-state index >= 15 is 0 Å². The fraction of sp³-hybridized carbons (Fsp3) is 0.308. The van der Waals surface area contributed by atoms with Crippen molar-refractivity contribution in [1.82, 2.24) is 14.5 Å². The summed E-state index contributed by atoms with van der Waals surface area (Å²) in [5.41, 5.74) is 5.01. The number of aromatic nitrogens is 2. The quantitative estimate of drug-likeness (QED) is 0.476. The summed E-state index contributed by atoms with van der Waals surface area (Å²) in [5.74, 6) is 1.64. The SMILES string of the molecule is COc1ccc(C(=O)N2CCN(c3cc4c5ccnc(C)c5n(C)c4cc3OC)CC2)cc1. The lowest BCUT2D eigenvalue weighted by Crippen LogP contribution is -2.48. The van der Waals surface area contributed by atoms with E-state index in [1.54, 1.807) is 14.2 Å². The molecule has 0 aliphatic carbocycles. The molecule has 170 valence electrons. The van der Waals surface area contributed by atoms with Crippen molar-refractivity contribution in [3.63, 3.8) is 0 Å². The first-order valence-electron chi connectivity index (χ1n) is 11.1. The normalized spacial score (nSPS) is 14.2. The van der Waals surface area contributed by atoms with Gasteiger partial charge >= 0.3 is 0 Å². The zero-order valence-electron chi connectivity index (χ0n) is 19.5. The van der Waals surface area contributed by atoms with E-state index in [-0.39, 0.29) is 5.91 Å². The van der Waals surface area contributed by atoms with Crippen LogP contribution in [-0.4, -0.2) is 60.8 Å². The molecule has 0 radical (unpaired) electrons. The Labute approximate surface area is 193 Å². The van der Waals surface area contributed by atoms with Crippen LogP contribution in [0.2, 0.25) is 0 Å². The predicted octanol–water partition coefficient (Wildman–Crippen LogP) is 4.01. The summed E-state index contributed by atoms with van der Waals surface area (Å²) >= 11 is 0. The first kappa shape index (κ1) is 21.1. The second-order valence-corrected chi connectivity index (χ2v) is 8.40. The average molecular weight is 445 g/mol. The van der Waals surface area contributed by atoms with E-state index in [1.165, 1.54) is 10.8 Å². The van der Waals surface area contributed by atoms with Crippen LogP contribution in [0.15, 0.2) is 48.7 Å². The summed E-state index contributed by atoms with van der Waals surface area (Å²) < 4.78 is 13.2. The van der Waals surface area contributed by atoms with Gasteiger partial charge in [0.1, 0.15) is 11.5 Å². The third kappa shape index (κ3) is 3.53. The molecule has 0 bridgehead atoms. The largest absolute Gasteiger partial charge is 0.497 e. The minimum atomic E-state index is 0.0525. The summed E-state index contributed by atoms with van der Waals surface area (Å²) in [6.07, 6.45) is 1.87. The zero-order valence-corrected chi connectivity index (χ0v) is 19.5. The molecule has 1 aliphatic heterocycles. The molecule has 3 heterocycles. The van der Waals surface area contributed by atoms with Crippen LogP contribution in [0.3, 0.4) is 0 Å². The molecule has 4 aromatic rings. The van der Waals surface area contributed by atoms with Crippen LogP contribution in [0, 0.1) is 6.92 Å². The molecule has 1 saturated heterocycles. The lowest BCUT2D eigenvalue weighted by Gasteiger charge is -2.36. The van der Waals surface area contributed by atoms with Gasteiger partial charge in [-0.1, -0.05) is 0 Å². The van der Waals surface area contributed by atoms with Crippen molar-refractivity contribution in [1.29, 1.82) is 0 Å². The van der Waals surface area contributed by atoms with Crippen molar-refractivity contribution in [3.8, 4) is 11.5 Å². The monoisotopic (exact) mass is 444 g/mol. The summed E-state index contributed by atoms with van der Waals surface area (Å²) in [4.78, 5) is 21.6. The molecular formula is C26H28N4O3. The van der Waals surface area contributed by atoms with Crippen LogP contribution in [0.4, 0.5) is 5.69 Å². The number of piperazine rings is 1. The smallest absolute Gasteiger partial charge is 0.253 e. The molecule has 1 aliphatic rings. The first-order chi connectivity index (χ1) is 16.0. The third-order valence-electron chi connectivity index (χ3n) is 6.64. The van der Waals surface area contributed by atoms with Crippen molar-refractivity contribution in [3.05, 3.63) is 59.9 Å². The molecule has 7 heteroatoms. The minimum absolute atomic E-state index is 0.0525. The highest BCUT2D eigenvalue weighted by Gasteiger charge is 2.25. The average Bonchev–Trinajstić information content (AvgIpc) is 3.15. The topological polar surface area (TPSA) is 59.8 Å². The fourth-order valence-electron chi connectivity index (χ4n) is 4.85. The van der Waals surface area contributed by atoms with Gasteiger partial charge in [-0.2, -0.15) is 0 Å². The Morgan fingerprint density at radius 3 is 2.33 bits per heavy atom. The molecule has 0 atom stereocenters. The number of hydrogen-bond acceptors (Lipinski definition) is 5. The highest BCUT2D eigenvalue weighted by atomic mass is 16.5. The highest BCUT2D eigenvalue weighted by Crippen LogP contribution is 2.38. The van der Waals surface area contributed by atoms with E-state index < -0.39 is 0 Å². The van der Waals surface area contributed by atoms with E-state index in [2.05, 4.69) is 39.7 Å². The Balaban J connectivity index is 1.42. The van der Waals surface area contributed by atoms with Crippen LogP contribution in [0.1, 0.15) is 16.1 Å². The number of carbonyl (C=O) groups excluding carboxylic acids is 1. The van der Waals surface area contributed by atoms with Crippen molar-refractivity contribution in [2.75, 3.05) is 45.3 Å². The molecule has 5 rings (SSSR count). The molecule has 0 saturated carbocycles. The molecule has 1 fully saturated rings. The Bertz CT molecular complexity index is 1340. The van der Waals surface area contributed by atoms with Gasteiger partial charge in [-0.15, -0.1) is 0 Å². The predicted molar refractivity (Wildman–Crippen MR) is 131 cm³/mol. The van der Waals surface area contributed by atoms with Gasteiger partial charge < -0.3 is 23.8 Å². The van der Waals surface area contributed by atoms with E-state index in [0.717, 1.165) is 47.0 Å². The Kier molecular flexibility index (Phi) is 5.32. The molecule has 2 aromatic heterocycles. The van der Waals surface area contributed by atoms with Gasteiger partial charge in [0.15, 0.2) is 0 Å². The number of ether oxygens (including phenoxy) is 2. The lowest BCUT2D eigenvalue weighted by atomic mass is 10.1. The second kappa shape index (κ2) is 8.31. The van der Waals surface area contributed by atoms with E-state index in [0.29, 0.717) is 18.7 Å². The number of fused-ring (bicyclic) bond motifs is 3. The third-order valence-corrected chi connectivity index (χ3v) is 6.64. The lowest BCUT2D eigenvalue weighted by molar-refractivity contribution is 0.0746. The molecule has 0 unspecified atom stereocenters. The van der Waals surface area contributed by atoms with Crippen LogP contribution in [-0.2, 0) is 7.05 Å². The molecule has 0 spiro atoms. The second-order valence-electron chi connectivity index (χ2n) is 8.40. The standard InChI is InChI=1S/C26H28N4O3/c1-17-25-20(9-10-27-17)21-15-23(24(33-4)16-22(21)28(25)2)29-11-13-30(14-12-29)26(31)18-5-7-19(32-3)8-6-18/h5-10,15-16H,11-14H2,1-4H3. The minimum Gasteiger partial charge on any atom is -0.497 e. The maximum Gasteiger partial charge on any atom is 0.253 e. The summed E-state index contributed by atoms with van der Waals surface area (Å²) in [6.45, 7) is 4.85. The van der Waals surface area contributed by atoms with Gasteiger partial charge in [0.2, 0.25) is 0 Å². The van der Waals surface area contributed by atoms with E-state index in [1.807, 2.05) is 42.3 Å². The number of nitrogens with zero attached hydrogens (tertiary/aromatic N) is 4. The summed E-state index contributed by atoms with van der Waals surface area (Å²) in [6, 6.07) is 13.7. The van der Waals surface area contributed by atoms with E-state index in [9.17, 15) is 4.79 Å². The van der Waals surface area contributed by atoms with Gasteiger partial charge in [0.25, 0.3) is 5.91 Å². The van der Waals surface area contributed by atoms with Crippen LogP contribution in [0.5, 0.6) is 11.5 Å². The van der Waals surface area contributed by atoms with Crippen molar-refractivity contribution < 1.29 is 14.3 Å². The Morgan fingerprint density at radius 1 is 0.939 bits per heavy atom. The van der Waals surface area contributed by atoms with Crippen LogP contribution < -0.4 is 14.4 Å². The molecule has 33 heavy (non-hydrogen) atoms. The van der Waals surface area contributed by atoms with Crippen LogP contribution >= 0.6 is 0 Å². The van der Waals surface area contributed by atoms with Crippen molar-refractivity contribution in [2.24, 2.45) is 7.05 Å². The number of carbonyl (C=O) groups is 1. The van der Waals surface area contributed by atoms with Gasteiger partial charge in [0, 0.05) is 61.8 Å². The molecule has 1 amide bonds. The number of methoxy groups -OCH3 is 2. The number of aryl methyl sites for hydroxylation is 2. The Hall–Kier alpha value is -3.74. The number of pyridine rings is 1. The van der Waals surface area contributed by atoms with Gasteiger partial charge in [0.05, 0.1) is 36.6 Å². The summed E-state index contributed by atoms with van der Waals surface area (Å²) in [7, 11) is 5.41. The number of hydrogen-bond donors (Lipinski definition) is 0. The number of amides is 1. The molecule has 7 nitrogen and oxygen atoms in total. The van der Waals surface area contributed by atoms with Crippen molar-refractivity contribution >= 4 is 33.4 Å². The van der Waals surface area contributed by atoms with E-state index in [4.69, 9.17) is 9.47 Å². The van der Waals surface area contributed by atoms with Gasteiger partial charge in [-0.05, 0) is 43.3 Å². The van der Waals surface area contributed by atoms with Gasteiger partial charge in [-0.25, -0.2) is 0 Å². The zero-order chi connectivity index (χ0) is 23.1. The van der Waals surface area contributed by atoms with Crippen LogP contribution in [0.25, 0.3) is 21.8 Å². The highest BCUT2D eigenvalue weighted by molar-refractivity contribution is 6.10. The molecular weight excluding hydrogens is 416 g/mol. The fourth-order valence-corrected chi connectivity index (χ4v) is 4.85. The van der Waals surface area contributed by atoms with Gasteiger partial charge in [-0.3, -0.25) is 9.78 Å². The molecule has 0 N–H and O–H groups in total. The maximum atomic E-state index is 13.0. The summed E-state index contributed by atoms with van der Waals surface area (Å²) in [5, 5.41) is 2.38. The number of anilines is 1. The number of rotatable bonds is 4. The maximum absolute atomic E-state index is 13.0. The molecule has 2 aromatic carbocycles.